The van der Waals surface area contributed by atoms with Gasteiger partial charge in [0.25, 0.3) is 10.0 Å². The van der Waals surface area contributed by atoms with Crippen molar-refractivity contribution in [1.82, 2.24) is 19.9 Å². The minimum atomic E-state index is -3.83. The smallest absolute Gasteiger partial charge is 0.264 e. The molecule has 0 aliphatic rings. The zero-order valence-corrected chi connectivity index (χ0v) is 17.7. The molecule has 2 N–H and O–H groups in total. The first-order valence-corrected chi connectivity index (χ1v) is 10.8. The number of anilines is 3. The van der Waals surface area contributed by atoms with Crippen LogP contribution in [0.1, 0.15) is 11.4 Å². The second-order valence-corrected chi connectivity index (χ2v) is 8.61. The van der Waals surface area contributed by atoms with Crippen LogP contribution in [-0.2, 0) is 10.0 Å². The molecule has 0 spiro atoms. The number of hydrogen-bond acceptors (Lipinski definition) is 7. The number of hydrogen-bond donors (Lipinski definition) is 2. The van der Waals surface area contributed by atoms with Crippen LogP contribution in [0.2, 0.25) is 5.28 Å². The van der Waals surface area contributed by atoms with Crippen molar-refractivity contribution in [2.45, 2.75) is 18.7 Å². The number of benzene rings is 2. The SMILES string of the molecule is Cc1cc(C)nc(NS(=O)(=O)c2ccc(Nc3nc(Cl)nc4ccccc34)cc2)n1. The van der Waals surface area contributed by atoms with Crippen molar-refractivity contribution in [3.63, 3.8) is 0 Å². The first-order chi connectivity index (χ1) is 14.3. The zero-order valence-electron chi connectivity index (χ0n) is 16.1. The van der Waals surface area contributed by atoms with E-state index < -0.39 is 10.0 Å². The van der Waals surface area contributed by atoms with Gasteiger partial charge in [-0.3, -0.25) is 0 Å². The van der Waals surface area contributed by atoms with Crippen LogP contribution in [0, 0.1) is 13.8 Å². The van der Waals surface area contributed by atoms with Crippen molar-refractivity contribution in [2.75, 3.05) is 10.0 Å². The first kappa shape index (κ1) is 20.0. The summed E-state index contributed by atoms with van der Waals surface area (Å²) in [5, 5.41) is 4.07. The van der Waals surface area contributed by atoms with Crippen LogP contribution >= 0.6 is 11.6 Å². The van der Waals surface area contributed by atoms with Crippen LogP contribution in [0.25, 0.3) is 10.9 Å². The Morgan fingerprint density at radius 1 is 0.867 bits per heavy atom. The molecule has 0 aliphatic heterocycles. The van der Waals surface area contributed by atoms with E-state index in [-0.39, 0.29) is 16.1 Å². The fourth-order valence-electron chi connectivity index (χ4n) is 2.95. The molecule has 10 heteroatoms. The molecule has 0 fully saturated rings. The van der Waals surface area contributed by atoms with Gasteiger partial charge in [-0.2, -0.15) is 4.98 Å². The lowest BCUT2D eigenvalue weighted by Gasteiger charge is -2.11. The third-order valence-electron chi connectivity index (χ3n) is 4.21. The third-order valence-corrected chi connectivity index (χ3v) is 5.72. The maximum atomic E-state index is 12.7. The summed E-state index contributed by atoms with van der Waals surface area (Å²) in [5.41, 5.74) is 2.71. The number of fused-ring (bicyclic) bond motifs is 1. The third kappa shape index (κ3) is 4.32. The summed E-state index contributed by atoms with van der Waals surface area (Å²) >= 11 is 6.01. The van der Waals surface area contributed by atoms with Gasteiger partial charge < -0.3 is 5.32 Å². The van der Waals surface area contributed by atoms with E-state index in [9.17, 15) is 8.42 Å². The van der Waals surface area contributed by atoms with Gasteiger partial charge in [-0.15, -0.1) is 0 Å². The summed E-state index contributed by atoms with van der Waals surface area (Å²) in [6, 6.07) is 15.5. The van der Waals surface area contributed by atoms with Gasteiger partial charge in [-0.05, 0) is 67.9 Å². The number of halogens is 1. The molecule has 0 saturated heterocycles. The molecule has 8 nitrogen and oxygen atoms in total. The Morgan fingerprint density at radius 2 is 1.53 bits per heavy atom. The van der Waals surface area contributed by atoms with Crippen LogP contribution in [0.4, 0.5) is 17.5 Å². The number of rotatable bonds is 5. The van der Waals surface area contributed by atoms with Crippen LogP contribution in [-0.4, -0.2) is 28.4 Å². The number of sulfonamides is 1. The molecule has 0 unspecified atom stereocenters. The van der Waals surface area contributed by atoms with Gasteiger partial charge in [-0.1, -0.05) is 12.1 Å². The van der Waals surface area contributed by atoms with Crippen molar-refractivity contribution in [2.24, 2.45) is 0 Å². The molecular formula is C20H17ClN6O2S. The Kier molecular flexibility index (Phi) is 5.23. The molecule has 2 aromatic heterocycles. The van der Waals surface area contributed by atoms with Crippen molar-refractivity contribution < 1.29 is 8.42 Å². The van der Waals surface area contributed by atoms with Gasteiger partial charge in [0.1, 0.15) is 5.82 Å². The second-order valence-electron chi connectivity index (χ2n) is 6.59. The van der Waals surface area contributed by atoms with E-state index in [1.54, 1.807) is 32.0 Å². The highest BCUT2D eigenvalue weighted by Crippen LogP contribution is 2.26. The van der Waals surface area contributed by atoms with Crippen LogP contribution in [0.15, 0.2) is 59.5 Å². The Morgan fingerprint density at radius 3 is 2.23 bits per heavy atom. The zero-order chi connectivity index (χ0) is 21.3. The molecule has 0 atom stereocenters. The second kappa shape index (κ2) is 7.85. The lowest BCUT2D eigenvalue weighted by molar-refractivity contribution is 0.601. The minimum Gasteiger partial charge on any atom is -0.340 e. The van der Waals surface area contributed by atoms with Crippen molar-refractivity contribution in [3.8, 4) is 0 Å². The normalized spacial score (nSPS) is 11.4. The van der Waals surface area contributed by atoms with Gasteiger partial charge in [0.15, 0.2) is 0 Å². The molecule has 2 aromatic carbocycles. The highest BCUT2D eigenvalue weighted by atomic mass is 35.5. The number of para-hydroxylation sites is 1. The first-order valence-electron chi connectivity index (χ1n) is 8.95. The van der Waals surface area contributed by atoms with Gasteiger partial charge >= 0.3 is 0 Å². The summed E-state index contributed by atoms with van der Waals surface area (Å²) < 4.78 is 27.7. The minimum absolute atomic E-state index is 0.0387. The monoisotopic (exact) mass is 440 g/mol. The molecule has 4 aromatic rings. The van der Waals surface area contributed by atoms with E-state index in [0.29, 0.717) is 28.4 Å². The average molecular weight is 441 g/mol. The molecule has 152 valence electrons. The summed E-state index contributed by atoms with van der Waals surface area (Å²) in [5.74, 6) is 0.569. The summed E-state index contributed by atoms with van der Waals surface area (Å²) in [6.45, 7) is 3.55. The number of aryl methyl sites for hydroxylation is 2. The molecule has 0 amide bonds. The standard InChI is InChI=1S/C20H17ClN6O2S/c1-12-11-13(2)23-20(22-12)27-30(28,29)15-9-7-14(8-10-15)24-18-16-5-3-4-6-17(16)25-19(21)26-18/h3-11H,1-2H3,(H,22,23,27)(H,24,25,26). The van der Waals surface area contributed by atoms with Crippen molar-refractivity contribution in [3.05, 3.63) is 71.3 Å². The molecular weight excluding hydrogens is 424 g/mol. The predicted octanol–water partition coefficient (Wildman–Crippen LogP) is 4.23. The Bertz CT molecular complexity index is 1320. The molecule has 0 aliphatic carbocycles. The van der Waals surface area contributed by atoms with Crippen LogP contribution in [0.3, 0.4) is 0 Å². The Balaban J connectivity index is 1.59. The van der Waals surface area contributed by atoms with Crippen molar-refractivity contribution >= 4 is 50.0 Å². The van der Waals surface area contributed by atoms with Crippen LogP contribution < -0.4 is 10.0 Å². The van der Waals surface area contributed by atoms with Gasteiger partial charge in [0, 0.05) is 22.5 Å². The Labute approximate surface area is 178 Å². The molecule has 0 saturated carbocycles. The topological polar surface area (TPSA) is 110 Å². The summed E-state index contributed by atoms with van der Waals surface area (Å²) in [7, 11) is -3.83. The molecule has 2 heterocycles. The van der Waals surface area contributed by atoms with E-state index >= 15 is 0 Å². The van der Waals surface area contributed by atoms with Crippen molar-refractivity contribution in [1.29, 1.82) is 0 Å². The number of nitrogens with zero attached hydrogens (tertiary/aromatic N) is 4. The Hall–Kier alpha value is -3.30. The largest absolute Gasteiger partial charge is 0.340 e. The number of nitrogens with one attached hydrogen (secondary N) is 2. The maximum Gasteiger partial charge on any atom is 0.264 e. The molecule has 0 bridgehead atoms. The van der Waals surface area contributed by atoms with E-state index in [1.165, 1.54) is 12.1 Å². The lowest BCUT2D eigenvalue weighted by atomic mass is 10.2. The quantitative estimate of drug-likeness (QED) is 0.446. The summed E-state index contributed by atoms with van der Waals surface area (Å²) in [6.07, 6.45) is 0. The molecule has 0 radical (unpaired) electrons. The fraction of sp³-hybridized carbons (Fsp3) is 0.100. The van der Waals surface area contributed by atoms with E-state index in [2.05, 4.69) is 30.0 Å². The van der Waals surface area contributed by atoms with Gasteiger partial charge in [-0.25, -0.2) is 28.1 Å². The average Bonchev–Trinajstić information content (AvgIpc) is 2.67. The molecule has 30 heavy (non-hydrogen) atoms. The highest BCUT2D eigenvalue weighted by molar-refractivity contribution is 7.92. The maximum absolute atomic E-state index is 12.7. The van der Waals surface area contributed by atoms with Gasteiger partial charge in [0.05, 0.1) is 10.4 Å². The van der Waals surface area contributed by atoms with Crippen LogP contribution in [0.5, 0.6) is 0 Å². The van der Waals surface area contributed by atoms with E-state index in [1.807, 2.05) is 24.3 Å². The summed E-state index contributed by atoms with van der Waals surface area (Å²) in [4.78, 5) is 16.7. The fourth-order valence-corrected chi connectivity index (χ4v) is 4.07. The predicted molar refractivity (Wildman–Crippen MR) is 117 cm³/mol. The lowest BCUT2D eigenvalue weighted by Crippen LogP contribution is -2.15. The van der Waals surface area contributed by atoms with E-state index in [4.69, 9.17) is 11.6 Å². The number of aromatic nitrogens is 4. The molecule has 4 rings (SSSR count). The van der Waals surface area contributed by atoms with E-state index in [0.717, 1.165) is 5.39 Å². The van der Waals surface area contributed by atoms with Gasteiger partial charge in [0.2, 0.25) is 11.2 Å². The highest BCUT2D eigenvalue weighted by Gasteiger charge is 2.16.